The lowest BCUT2D eigenvalue weighted by atomic mass is 10.2. The molecule has 1 aromatic heterocycles. The minimum absolute atomic E-state index is 0.810. The van der Waals surface area contributed by atoms with Gasteiger partial charge >= 0.3 is 0 Å². The first-order chi connectivity index (χ1) is 7.36. The molecule has 0 radical (unpaired) electrons. The average Bonchev–Trinajstić information content (AvgIpc) is 2.66. The fourth-order valence-corrected chi connectivity index (χ4v) is 1.42. The summed E-state index contributed by atoms with van der Waals surface area (Å²) in [6.45, 7) is 3.67. The van der Waals surface area contributed by atoms with E-state index < -0.39 is 0 Å². The molecule has 0 unspecified atom stereocenters. The van der Waals surface area contributed by atoms with Gasteiger partial charge in [0.2, 0.25) is 0 Å². The van der Waals surface area contributed by atoms with Crippen molar-refractivity contribution in [2.45, 2.75) is 20.0 Å². The first-order valence-electron chi connectivity index (χ1n) is 5.00. The Balaban J connectivity index is 1.83. The van der Waals surface area contributed by atoms with Gasteiger partial charge in [-0.15, -0.1) is 0 Å². The maximum absolute atomic E-state index is 4.63. The molecular formula is C11H14N3O+. The van der Waals surface area contributed by atoms with Crippen LogP contribution in [0.4, 0.5) is 0 Å². The second-order valence-electron chi connectivity index (χ2n) is 3.48. The molecule has 0 aliphatic rings. The third-order valence-electron chi connectivity index (χ3n) is 2.31. The normalized spacial score (nSPS) is 10.5. The second kappa shape index (κ2) is 4.70. The Morgan fingerprint density at radius 3 is 2.60 bits per heavy atom. The Morgan fingerprint density at radius 2 is 1.93 bits per heavy atom. The van der Waals surface area contributed by atoms with E-state index in [1.165, 1.54) is 5.56 Å². The van der Waals surface area contributed by atoms with E-state index in [0.29, 0.717) is 0 Å². The monoisotopic (exact) mass is 204 g/mol. The van der Waals surface area contributed by atoms with E-state index in [-0.39, 0.29) is 0 Å². The first kappa shape index (κ1) is 9.86. The van der Waals surface area contributed by atoms with Crippen molar-refractivity contribution in [1.82, 2.24) is 10.3 Å². The molecule has 0 atom stereocenters. The van der Waals surface area contributed by atoms with Crippen molar-refractivity contribution < 1.29 is 9.95 Å². The highest BCUT2D eigenvalue weighted by Crippen LogP contribution is 1.98. The van der Waals surface area contributed by atoms with Gasteiger partial charge in [-0.25, -0.2) is 4.63 Å². The average molecular weight is 204 g/mol. The number of aromatic nitrogens is 2. The van der Waals surface area contributed by atoms with Gasteiger partial charge in [0.05, 0.1) is 0 Å². The fourth-order valence-electron chi connectivity index (χ4n) is 1.42. The van der Waals surface area contributed by atoms with Crippen molar-refractivity contribution in [3.63, 3.8) is 0 Å². The number of nitrogens with zero attached hydrogens (tertiary/aromatic N) is 2. The molecule has 0 fully saturated rings. The minimum Gasteiger partial charge on any atom is -0.337 e. The third kappa shape index (κ3) is 2.63. The molecular weight excluding hydrogens is 190 g/mol. The van der Waals surface area contributed by atoms with Crippen LogP contribution in [0.25, 0.3) is 0 Å². The van der Waals surface area contributed by atoms with Gasteiger partial charge in [0.15, 0.2) is 5.69 Å². The van der Waals surface area contributed by atoms with Crippen LogP contribution >= 0.6 is 0 Å². The zero-order chi connectivity index (χ0) is 10.5. The number of rotatable bonds is 4. The van der Waals surface area contributed by atoms with Gasteiger partial charge in [-0.05, 0) is 12.1 Å². The van der Waals surface area contributed by atoms with Crippen molar-refractivity contribution in [3.05, 3.63) is 47.3 Å². The number of aryl methyl sites for hydroxylation is 1. The molecule has 4 nitrogen and oxygen atoms in total. The van der Waals surface area contributed by atoms with Crippen molar-refractivity contribution in [1.29, 1.82) is 0 Å². The standard InChI is InChI=1S/C11H13N3O/c1-9-11(14-15-13-9)8-12-7-10-5-3-2-4-6-10/h2-6,12H,7-8H2,1H3/p+1. The molecule has 0 aliphatic carbocycles. The lowest BCUT2D eigenvalue weighted by molar-refractivity contribution is -0.686. The summed E-state index contributed by atoms with van der Waals surface area (Å²) >= 11 is 0. The molecule has 2 N–H and O–H groups in total. The van der Waals surface area contributed by atoms with Crippen LogP contribution in [0.15, 0.2) is 35.0 Å². The Hall–Kier alpha value is -1.68. The molecule has 0 saturated heterocycles. The number of benzene rings is 1. The summed E-state index contributed by atoms with van der Waals surface area (Å²) in [4.78, 5) is 0. The minimum atomic E-state index is 0.810. The van der Waals surface area contributed by atoms with Crippen LogP contribution in [-0.2, 0) is 13.1 Å². The molecule has 78 valence electrons. The number of hydrogen-bond acceptors (Lipinski definition) is 3. The molecule has 2 aromatic rings. The predicted molar refractivity (Wildman–Crippen MR) is 54.8 cm³/mol. The van der Waals surface area contributed by atoms with Crippen molar-refractivity contribution >= 4 is 0 Å². The van der Waals surface area contributed by atoms with E-state index in [4.69, 9.17) is 0 Å². The molecule has 0 saturated carbocycles. The molecule has 0 aliphatic heterocycles. The van der Waals surface area contributed by atoms with Crippen molar-refractivity contribution in [3.8, 4) is 0 Å². The summed E-state index contributed by atoms with van der Waals surface area (Å²) in [6.07, 6.45) is 0. The zero-order valence-electron chi connectivity index (χ0n) is 8.68. The molecule has 2 rings (SSSR count). The zero-order valence-corrected chi connectivity index (χ0v) is 8.68. The van der Waals surface area contributed by atoms with E-state index >= 15 is 0 Å². The Bertz CT molecular complexity index is 411. The summed E-state index contributed by atoms with van der Waals surface area (Å²) in [7, 11) is 0. The van der Waals surface area contributed by atoms with Crippen LogP contribution in [0, 0.1) is 6.92 Å². The van der Waals surface area contributed by atoms with E-state index in [1.54, 1.807) is 0 Å². The lowest BCUT2D eigenvalue weighted by Gasteiger charge is -1.99. The van der Waals surface area contributed by atoms with Crippen LogP contribution in [0.1, 0.15) is 17.0 Å². The van der Waals surface area contributed by atoms with Gasteiger partial charge in [-0.2, -0.15) is 0 Å². The number of quaternary nitrogens is 1. The highest BCUT2D eigenvalue weighted by atomic mass is 16.6. The molecule has 15 heavy (non-hydrogen) atoms. The first-order valence-corrected chi connectivity index (χ1v) is 5.00. The van der Waals surface area contributed by atoms with E-state index in [1.807, 2.05) is 25.1 Å². The SMILES string of the molecule is Cc1nonc1C[NH2+]Cc1ccccc1. The van der Waals surface area contributed by atoms with E-state index in [2.05, 4.69) is 32.4 Å². The van der Waals surface area contributed by atoms with Crippen LogP contribution < -0.4 is 5.32 Å². The number of hydrogen-bond donors (Lipinski definition) is 1. The Kier molecular flexibility index (Phi) is 3.09. The summed E-state index contributed by atoms with van der Waals surface area (Å²) in [5.74, 6) is 0. The van der Waals surface area contributed by atoms with Gasteiger partial charge in [0.25, 0.3) is 0 Å². The van der Waals surface area contributed by atoms with E-state index in [0.717, 1.165) is 24.5 Å². The van der Waals surface area contributed by atoms with Crippen molar-refractivity contribution in [2.75, 3.05) is 0 Å². The molecule has 1 heterocycles. The topological polar surface area (TPSA) is 55.5 Å². The van der Waals surface area contributed by atoms with Gasteiger partial charge < -0.3 is 5.32 Å². The van der Waals surface area contributed by atoms with Crippen LogP contribution in [0.5, 0.6) is 0 Å². The summed E-state index contributed by atoms with van der Waals surface area (Å²) in [6, 6.07) is 10.3. The largest absolute Gasteiger partial charge is 0.337 e. The third-order valence-corrected chi connectivity index (χ3v) is 2.31. The fraction of sp³-hybridized carbons (Fsp3) is 0.273. The molecule has 4 heteroatoms. The maximum atomic E-state index is 4.63. The van der Waals surface area contributed by atoms with Crippen LogP contribution in [0.3, 0.4) is 0 Å². The lowest BCUT2D eigenvalue weighted by Crippen LogP contribution is -2.80. The molecule has 0 bridgehead atoms. The molecule has 0 spiro atoms. The summed E-state index contributed by atoms with van der Waals surface area (Å²) in [5.41, 5.74) is 3.11. The summed E-state index contributed by atoms with van der Waals surface area (Å²) < 4.78 is 4.63. The van der Waals surface area contributed by atoms with Crippen LogP contribution in [-0.4, -0.2) is 10.3 Å². The maximum Gasteiger partial charge on any atom is 0.161 e. The van der Waals surface area contributed by atoms with Gasteiger partial charge in [-0.1, -0.05) is 35.5 Å². The number of nitrogens with two attached hydrogens (primary N) is 1. The molecule has 0 amide bonds. The van der Waals surface area contributed by atoms with Gasteiger partial charge in [0.1, 0.15) is 18.8 Å². The smallest absolute Gasteiger partial charge is 0.161 e. The highest BCUT2D eigenvalue weighted by Gasteiger charge is 2.06. The van der Waals surface area contributed by atoms with E-state index in [9.17, 15) is 0 Å². The highest BCUT2D eigenvalue weighted by molar-refractivity contribution is 5.13. The predicted octanol–water partition coefficient (Wildman–Crippen LogP) is 0.642. The Morgan fingerprint density at radius 1 is 1.13 bits per heavy atom. The quantitative estimate of drug-likeness (QED) is 0.795. The second-order valence-corrected chi connectivity index (χ2v) is 3.48. The summed E-state index contributed by atoms with van der Waals surface area (Å²) in [5, 5.41) is 9.75. The Labute approximate surface area is 88.3 Å². The van der Waals surface area contributed by atoms with Gasteiger partial charge in [0, 0.05) is 5.56 Å². The van der Waals surface area contributed by atoms with Crippen molar-refractivity contribution in [2.24, 2.45) is 0 Å². The van der Waals surface area contributed by atoms with Crippen LogP contribution in [0.2, 0.25) is 0 Å². The molecule has 1 aromatic carbocycles. The van der Waals surface area contributed by atoms with Gasteiger partial charge in [-0.3, -0.25) is 0 Å².